The van der Waals surface area contributed by atoms with Crippen molar-refractivity contribution in [3.05, 3.63) is 0 Å². The predicted molar refractivity (Wildman–Crippen MR) is 64.8 cm³/mol. The van der Waals surface area contributed by atoms with Gasteiger partial charge in [-0.25, -0.2) is 4.79 Å². The van der Waals surface area contributed by atoms with Gasteiger partial charge >= 0.3 is 12.2 Å². The monoisotopic (exact) mass is 279 g/mol. The average molecular weight is 279 g/mol. The Morgan fingerprint density at radius 1 is 1.32 bits per heavy atom. The molecule has 1 unspecified atom stereocenters. The molecular weight excluding hydrogens is 259 g/mol. The second kappa shape index (κ2) is 5.56. The van der Waals surface area contributed by atoms with Crippen LogP contribution in [-0.2, 0) is 0 Å². The SMILES string of the molecule is O=C(NCC(F)(F)F)N1CCCC2(CCCNC2)C1. The molecule has 0 aliphatic carbocycles. The zero-order valence-electron chi connectivity index (χ0n) is 10.9. The number of hydrogen-bond acceptors (Lipinski definition) is 2. The maximum Gasteiger partial charge on any atom is 0.405 e. The van der Waals surface area contributed by atoms with Crippen molar-refractivity contribution in [3.63, 3.8) is 0 Å². The fourth-order valence-corrected chi connectivity index (χ4v) is 3.05. The smallest absolute Gasteiger partial charge is 0.329 e. The van der Waals surface area contributed by atoms with Crippen LogP contribution in [0.15, 0.2) is 0 Å². The molecule has 0 aromatic carbocycles. The molecule has 7 heteroatoms. The summed E-state index contributed by atoms with van der Waals surface area (Å²) < 4.78 is 36.3. The Hall–Kier alpha value is -0.980. The molecule has 1 spiro atoms. The van der Waals surface area contributed by atoms with Crippen molar-refractivity contribution in [2.24, 2.45) is 5.41 Å². The highest BCUT2D eigenvalue weighted by Gasteiger charge is 2.38. The van der Waals surface area contributed by atoms with Crippen LogP contribution in [0.4, 0.5) is 18.0 Å². The van der Waals surface area contributed by atoms with Crippen molar-refractivity contribution < 1.29 is 18.0 Å². The van der Waals surface area contributed by atoms with Crippen LogP contribution < -0.4 is 10.6 Å². The van der Waals surface area contributed by atoms with Crippen molar-refractivity contribution in [1.29, 1.82) is 0 Å². The van der Waals surface area contributed by atoms with Gasteiger partial charge in [0.25, 0.3) is 0 Å². The standard InChI is InChI=1S/C12H20F3N3O/c13-12(14,15)8-17-10(19)18-6-2-4-11(9-18)3-1-5-16-7-11/h16H,1-9H2,(H,17,19). The lowest BCUT2D eigenvalue weighted by atomic mass is 9.74. The first-order chi connectivity index (χ1) is 8.90. The van der Waals surface area contributed by atoms with Crippen molar-refractivity contribution in [3.8, 4) is 0 Å². The largest absolute Gasteiger partial charge is 0.405 e. The van der Waals surface area contributed by atoms with E-state index in [0.29, 0.717) is 13.1 Å². The molecule has 19 heavy (non-hydrogen) atoms. The van der Waals surface area contributed by atoms with Gasteiger partial charge in [-0.1, -0.05) is 0 Å². The highest BCUT2D eigenvalue weighted by molar-refractivity contribution is 5.74. The maximum absolute atomic E-state index is 12.1. The minimum absolute atomic E-state index is 0.0616. The lowest BCUT2D eigenvalue weighted by Gasteiger charge is -2.45. The fraction of sp³-hybridized carbons (Fsp3) is 0.917. The Balaban J connectivity index is 1.88. The number of alkyl halides is 3. The third-order valence-corrected chi connectivity index (χ3v) is 3.95. The summed E-state index contributed by atoms with van der Waals surface area (Å²) in [6.07, 6.45) is -0.333. The molecule has 2 aliphatic rings. The molecule has 2 fully saturated rings. The first-order valence-corrected chi connectivity index (χ1v) is 6.71. The predicted octanol–water partition coefficient (Wildman–Crippen LogP) is 1.72. The van der Waals surface area contributed by atoms with Gasteiger partial charge in [-0.05, 0) is 32.2 Å². The maximum atomic E-state index is 12.1. The quantitative estimate of drug-likeness (QED) is 0.767. The van der Waals surface area contributed by atoms with Gasteiger partial charge in [0.05, 0.1) is 0 Å². The Morgan fingerprint density at radius 2 is 2.05 bits per heavy atom. The van der Waals surface area contributed by atoms with E-state index in [0.717, 1.165) is 38.8 Å². The number of likely N-dealkylation sites (tertiary alicyclic amines) is 1. The summed E-state index contributed by atoms with van der Waals surface area (Å²) in [5.41, 5.74) is 0.0616. The Labute approximate surface area is 110 Å². The lowest BCUT2D eigenvalue weighted by molar-refractivity contribution is -0.123. The van der Waals surface area contributed by atoms with Gasteiger partial charge in [0, 0.05) is 25.0 Å². The number of rotatable bonds is 1. The number of halogens is 3. The number of nitrogens with one attached hydrogen (secondary N) is 2. The van der Waals surface area contributed by atoms with E-state index in [4.69, 9.17) is 0 Å². The first kappa shape index (κ1) is 14.4. The molecule has 0 bridgehead atoms. The van der Waals surface area contributed by atoms with Crippen molar-refractivity contribution in [2.75, 3.05) is 32.7 Å². The molecule has 0 saturated carbocycles. The molecule has 4 nitrogen and oxygen atoms in total. The zero-order valence-corrected chi connectivity index (χ0v) is 10.9. The Kier molecular flexibility index (Phi) is 4.23. The molecule has 110 valence electrons. The molecule has 0 radical (unpaired) electrons. The number of piperidine rings is 2. The van der Waals surface area contributed by atoms with E-state index in [1.54, 1.807) is 0 Å². The lowest BCUT2D eigenvalue weighted by Crippen LogP contribution is -2.55. The Morgan fingerprint density at radius 3 is 2.68 bits per heavy atom. The molecule has 2 N–H and O–H groups in total. The van der Waals surface area contributed by atoms with E-state index in [2.05, 4.69) is 5.32 Å². The molecule has 2 rings (SSSR count). The van der Waals surface area contributed by atoms with Crippen molar-refractivity contribution in [2.45, 2.75) is 31.9 Å². The minimum Gasteiger partial charge on any atom is -0.329 e. The van der Waals surface area contributed by atoms with E-state index in [9.17, 15) is 18.0 Å². The summed E-state index contributed by atoms with van der Waals surface area (Å²) in [6.45, 7) is 1.70. The summed E-state index contributed by atoms with van der Waals surface area (Å²) >= 11 is 0. The van der Waals surface area contributed by atoms with Crippen LogP contribution in [0.3, 0.4) is 0 Å². The van der Waals surface area contributed by atoms with Gasteiger partial charge in [0.1, 0.15) is 6.54 Å². The molecule has 2 heterocycles. The molecule has 0 aromatic rings. The molecule has 2 amide bonds. The second-order valence-electron chi connectivity index (χ2n) is 5.58. The summed E-state index contributed by atoms with van der Waals surface area (Å²) in [6, 6.07) is -0.595. The van der Waals surface area contributed by atoms with Crippen molar-refractivity contribution >= 4 is 6.03 Å². The topological polar surface area (TPSA) is 44.4 Å². The molecule has 2 saturated heterocycles. The van der Waals surface area contributed by atoms with Crippen LogP contribution in [0.25, 0.3) is 0 Å². The third-order valence-electron chi connectivity index (χ3n) is 3.95. The highest BCUT2D eigenvalue weighted by atomic mass is 19.4. The van der Waals surface area contributed by atoms with E-state index in [1.165, 1.54) is 4.90 Å². The summed E-state index contributed by atoms with van der Waals surface area (Å²) in [7, 11) is 0. The Bertz CT molecular complexity index is 321. The minimum atomic E-state index is -4.35. The molecule has 0 aromatic heterocycles. The van der Waals surface area contributed by atoms with Crippen LogP contribution in [0.1, 0.15) is 25.7 Å². The van der Waals surface area contributed by atoms with Gasteiger partial charge in [-0.2, -0.15) is 13.2 Å². The van der Waals surface area contributed by atoms with Gasteiger partial charge in [-0.15, -0.1) is 0 Å². The van der Waals surface area contributed by atoms with Crippen LogP contribution in [0, 0.1) is 5.41 Å². The van der Waals surface area contributed by atoms with E-state index < -0.39 is 18.8 Å². The van der Waals surface area contributed by atoms with Crippen molar-refractivity contribution in [1.82, 2.24) is 15.5 Å². The number of urea groups is 1. The van der Waals surface area contributed by atoms with E-state index >= 15 is 0 Å². The number of carbonyl (C=O) groups is 1. The number of amides is 2. The van der Waals surface area contributed by atoms with Crippen LogP contribution in [0.5, 0.6) is 0 Å². The first-order valence-electron chi connectivity index (χ1n) is 6.71. The third kappa shape index (κ3) is 3.99. The average Bonchev–Trinajstić information content (AvgIpc) is 2.36. The second-order valence-corrected chi connectivity index (χ2v) is 5.58. The van der Waals surface area contributed by atoms with Crippen LogP contribution >= 0.6 is 0 Å². The molecule has 1 atom stereocenters. The van der Waals surface area contributed by atoms with Gasteiger partial charge < -0.3 is 15.5 Å². The number of nitrogens with zero attached hydrogens (tertiary/aromatic N) is 1. The van der Waals surface area contributed by atoms with E-state index in [1.807, 2.05) is 5.32 Å². The number of carbonyl (C=O) groups excluding carboxylic acids is 1. The molecular formula is C12H20F3N3O. The summed E-state index contributed by atoms with van der Waals surface area (Å²) in [4.78, 5) is 13.3. The summed E-state index contributed by atoms with van der Waals surface area (Å²) in [5, 5.41) is 5.28. The normalized spacial score (nSPS) is 28.5. The number of hydrogen-bond donors (Lipinski definition) is 2. The van der Waals surface area contributed by atoms with Crippen LogP contribution in [0.2, 0.25) is 0 Å². The highest BCUT2D eigenvalue weighted by Crippen LogP contribution is 2.35. The van der Waals surface area contributed by atoms with Gasteiger partial charge in [-0.3, -0.25) is 0 Å². The summed E-state index contributed by atoms with van der Waals surface area (Å²) in [5.74, 6) is 0. The fourth-order valence-electron chi connectivity index (χ4n) is 3.05. The van der Waals surface area contributed by atoms with E-state index in [-0.39, 0.29) is 5.41 Å². The van der Waals surface area contributed by atoms with Crippen LogP contribution in [-0.4, -0.2) is 49.8 Å². The molecule has 2 aliphatic heterocycles. The zero-order chi connectivity index (χ0) is 13.9. The van der Waals surface area contributed by atoms with Gasteiger partial charge in [0.15, 0.2) is 0 Å². The van der Waals surface area contributed by atoms with Gasteiger partial charge in [0.2, 0.25) is 0 Å².